The average Bonchev–Trinajstić information content (AvgIpc) is 3.06. The van der Waals surface area contributed by atoms with Crippen molar-refractivity contribution < 1.29 is 0 Å². The van der Waals surface area contributed by atoms with Gasteiger partial charge in [0.25, 0.3) is 0 Å². The number of nitrogens with one attached hydrogen (secondary N) is 1. The summed E-state index contributed by atoms with van der Waals surface area (Å²) in [5.74, 6) is 0. The number of nitrogens with zero attached hydrogens (tertiary/aromatic N) is 1. The third kappa shape index (κ3) is 3.33. The van der Waals surface area contributed by atoms with E-state index in [0.29, 0.717) is 0 Å². The Labute approximate surface area is 121 Å². The van der Waals surface area contributed by atoms with Crippen LogP contribution in [0.4, 0.5) is 0 Å². The van der Waals surface area contributed by atoms with Gasteiger partial charge in [-0.2, -0.15) is 0 Å². The quantitative estimate of drug-likeness (QED) is 0.890. The van der Waals surface area contributed by atoms with Crippen molar-refractivity contribution in [1.82, 2.24) is 10.2 Å². The van der Waals surface area contributed by atoms with Gasteiger partial charge < -0.3 is 10.2 Å². The van der Waals surface area contributed by atoms with Crippen molar-refractivity contribution in [3.05, 3.63) is 29.8 Å². The van der Waals surface area contributed by atoms with Crippen LogP contribution in [-0.2, 0) is 6.42 Å². The maximum absolute atomic E-state index is 3.61. The summed E-state index contributed by atoms with van der Waals surface area (Å²) < 4.78 is 0. The van der Waals surface area contributed by atoms with Crippen molar-refractivity contribution in [2.24, 2.45) is 0 Å². The Kier molecular flexibility index (Phi) is 4.46. The Hall–Kier alpha value is -0.510. The maximum atomic E-state index is 3.61. The number of hydrogen-bond donors (Lipinski definition) is 1. The first-order chi connectivity index (χ1) is 9.35. The Balaban J connectivity index is 1.53. The molecular weight excluding hydrogens is 252 g/mol. The van der Waals surface area contributed by atoms with Crippen LogP contribution in [0.15, 0.2) is 29.2 Å². The topological polar surface area (TPSA) is 15.3 Å². The van der Waals surface area contributed by atoms with E-state index in [0.717, 1.165) is 11.3 Å². The summed E-state index contributed by atoms with van der Waals surface area (Å²) >= 11 is 2.08. The first-order valence-electron chi connectivity index (χ1n) is 7.55. The van der Waals surface area contributed by atoms with Crippen LogP contribution in [0.1, 0.15) is 25.3 Å². The predicted molar refractivity (Wildman–Crippen MR) is 82.9 cm³/mol. The number of rotatable bonds is 5. The van der Waals surface area contributed by atoms with Crippen LogP contribution in [0.2, 0.25) is 0 Å². The van der Waals surface area contributed by atoms with E-state index < -0.39 is 0 Å². The van der Waals surface area contributed by atoms with Gasteiger partial charge in [0.1, 0.15) is 0 Å². The van der Waals surface area contributed by atoms with E-state index in [1.165, 1.54) is 50.3 Å². The standard InChI is InChI=1S/C16H24N2S/c1-2-18(11-14-7-5-9-17-14)12-15-10-13-6-3-4-8-16(13)19-15/h3-4,6,8,14-15,17H,2,5,7,9-12H2,1H3. The molecule has 0 aromatic heterocycles. The van der Waals surface area contributed by atoms with Gasteiger partial charge in [0.15, 0.2) is 0 Å². The molecule has 0 radical (unpaired) electrons. The Morgan fingerprint density at radius 2 is 2.21 bits per heavy atom. The molecule has 2 heterocycles. The molecule has 1 fully saturated rings. The fourth-order valence-electron chi connectivity index (χ4n) is 3.20. The van der Waals surface area contributed by atoms with Crippen molar-refractivity contribution in [3.8, 4) is 0 Å². The van der Waals surface area contributed by atoms with Crippen LogP contribution in [0.25, 0.3) is 0 Å². The molecule has 1 N–H and O–H groups in total. The zero-order valence-electron chi connectivity index (χ0n) is 11.8. The van der Waals surface area contributed by atoms with Crippen LogP contribution < -0.4 is 5.32 Å². The van der Waals surface area contributed by atoms with Gasteiger partial charge in [0, 0.05) is 29.3 Å². The second-order valence-corrected chi connectivity index (χ2v) is 7.04. The third-order valence-electron chi connectivity index (χ3n) is 4.26. The van der Waals surface area contributed by atoms with Gasteiger partial charge in [-0.3, -0.25) is 0 Å². The second kappa shape index (κ2) is 6.29. The Morgan fingerprint density at radius 3 is 2.95 bits per heavy atom. The van der Waals surface area contributed by atoms with Crippen molar-refractivity contribution in [3.63, 3.8) is 0 Å². The highest BCUT2D eigenvalue weighted by molar-refractivity contribution is 8.00. The maximum Gasteiger partial charge on any atom is 0.0263 e. The molecule has 2 nitrogen and oxygen atoms in total. The van der Waals surface area contributed by atoms with Gasteiger partial charge in [-0.25, -0.2) is 0 Å². The van der Waals surface area contributed by atoms with Crippen molar-refractivity contribution >= 4 is 11.8 Å². The molecular formula is C16H24N2S. The number of thioether (sulfide) groups is 1. The minimum atomic E-state index is 0.730. The summed E-state index contributed by atoms with van der Waals surface area (Å²) in [5, 5.41) is 4.36. The molecule has 104 valence electrons. The van der Waals surface area contributed by atoms with Crippen LogP contribution in [0.3, 0.4) is 0 Å². The fraction of sp³-hybridized carbons (Fsp3) is 0.625. The smallest absolute Gasteiger partial charge is 0.0263 e. The predicted octanol–water partition coefficient (Wildman–Crippen LogP) is 2.78. The lowest BCUT2D eigenvalue weighted by Crippen LogP contribution is -2.40. The molecule has 0 spiro atoms. The zero-order chi connectivity index (χ0) is 13.1. The van der Waals surface area contributed by atoms with Crippen LogP contribution in [0.5, 0.6) is 0 Å². The molecule has 1 aromatic rings. The first kappa shape index (κ1) is 13.5. The third-order valence-corrected chi connectivity index (χ3v) is 5.57. The van der Waals surface area contributed by atoms with E-state index in [4.69, 9.17) is 0 Å². The lowest BCUT2D eigenvalue weighted by molar-refractivity contribution is 0.262. The molecule has 0 bridgehead atoms. The van der Waals surface area contributed by atoms with E-state index in [1.807, 2.05) is 0 Å². The zero-order valence-corrected chi connectivity index (χ0v) is 12.6. The lowest BCUT2D eigenvalue weighted by Gasteiger charge is -2.26. The Bertz CT molecular complexity index is 390. The molecule has 2 unspecified atom stereocenters. The van der Waals surface area contributed by atoms with E-state index in [2.05, 4.69) is 53.2 Å². The van der Waals surface area contributed by atoms with Crippen LogP contribution >= 0.6 is 11.8 Å². The summed E-state index contributed by atoms with van der Waals surface area (Å²) in [6.07, 6.45) is 3.95. The van der Waals surface area contributed by atoms with Crippen LogP contribution in [-0.4, -0.2) is 42.4 Å². The van der Waals surface area contributed by atoms with E-state index in [-0.39, 0.29) is 0 Å². The van der Waals surface area contributed by atoms with Gasteiger partial charge in [0.05, 0.1) is 0 Å². The monoisotopic (exact) mass is 276 g/mol. The van der Waals surface area contributed by atoms with Crippen LogP contribution in [0, 0.1) is 0 Å². The molecule has 2 aliphatic heterocycles. The highest BCUT2D eigenvalue weighted by Crippen LogP contribution is 2.37. The summed E-state index contributed by atoms with van der Waals surface area (Å²) in [7, 11) is 0. The molecule has 1 aromatic carbocycles. The summed E-state index contributed by atoms with van der Waals surface area (Å²) in [4.78, 5) is 4.13. The molecule has 2 atom stereocenters. The minimum absolute atomic E-state index is 0.730. The van der Waals surface area contributed by atoms with E-state index in [1.54, 1.807) is 5.56 Å². The SMILES string of the molecule is CCN(CC1CCCN1)CC1Cc2ccccc2S1. The molecule has 0 amide bonds. The normalized spacial score (nSPS) is 26.0. The summed E-state index contributed by atoms with van der Waals surface area (Å²) in [6.45, 7) is 7.14. The molecule has 2 aliphatic rings. The van der Waals surface area contributed by atoms with Gasteiger partial charge >= 0.3 is 0 Å². The van der Waals surface area contributed by atoms with Gasteiger partial charge in [0.2, 0.25) is 0 Å². The average molecular weight is 276 g/mol. The van der Waals surface area contributed by atoms with Crippen molar-refractivity contribution in [1.29, 1.82) is 0 Å². The molecule has 0 aliphatic carbocycles. The number of likely N-dealkylation sites (N-methyl/N-ethyl adjacent to an activating group) is 1. The molecule has 19 heavy (non-hydrogen) atoms. The molecule has 0 saturated carbocycles. The van der Waals surface area contributed by atoms with Crippen molar-refractivity contribution in [2.75, 3.05) is 26.2 Å². The van der Waals surface area contributed by atoms with Crippen molar-refractivity contribution in [2.45, 2.75) is 42.4 Å². The fourth-order valence-corrected chi connectivity index (χ4v) is 4.57. The molecule has 3 rings (SSSR count). The van der Waals surface area contributed by atoms with E-state index >= 15 is 0 Å². The largest absolute Gasteiger partial charge is 0.313 e. The molecule has 1 saturated heterocycles. The lowest BCUT2D eigenvalue weighted by atomic mass is 10.1. The first-order valence-corrected chi connectivity index (χ1v) is 8.43. The second-order valence-electron chi connectivity index (χ2n) is 5.70. The highest BCUT2D eigenvalue weighted by atomic mass is 32.2. The Morgan fingerprint density at radius 1 is 1.32 bits per heavy atom. The number of hydrogen-bond acceptors (Lipinski definition) is 3. The minimum Gasteiger partial charge on any atom is -0.313 e. The highest BCUT2D eigenvalue weighted by Gasteiger charge is 2.25. The summed E-state index contributed by atoms with van der Waals surface area (Å²) in [5.41, 5.74) is 1.55. The van der Waals surface area contributed by atoms with Gasteiger partial charge in [-0.15, -0.1) is 11.8 Å². The van der Waals surface area contributed by atoms with E-state index in [9.17, 15) is 0 Å². The number of fused-ring (bicyclic) bond motifs is 1. The molecule has 3 heteroatoms. The van der Waals surface area contributed by atoms with Gasteiger partial charge in [-0.1, -0.05) is 25.1 Å². The van der Waals surface area contributed by atoms with Gasteiger partial charge in [-0.05, 0) is 44.0 Å². The summed E-state index contributed by atoms with van der Waals surface area (Å²) in [6, 6.07) is 9.62. The number of benzene rings is 1.